The van der Waals surface area contributed by atoms with E-state index in [0.717, 1.165) is 12.2 Å². The van der Waals surface area contributed by atoms with Crippen molar-refractivity contribution in [1.29, 1.82) is 0 Å². The maximum Gasteiger partial charge on any atom is 0.387 e. The predicted octanol–water partition coefficient (Wildman–Crippen LogP) is 2.79. The van der Waals surface area contributed by atoms with Crippen LogP contribution >= 0.6 is 0 Å². The lowest BCUT2D eigenvalue weighted by Gasteiger charge is -2.14. The number of aliphatic imine (C=N–C) groups is 1. The third-order valence-corrected chi connectivity index (χ3v) is 3.10. The van der Waals surface area contributed by atoms with Gasteiger partial charge in [-0.3, -0.25) is 4.99 Å². The number of nitrogens with one attached hydrogen (secondary N) is 2. The number of benzene rings is 1. The molecule has 2 N–H and O–H groups in total. The second-order valence-corrected chi connectivity index (χ2v) is 4.67. The van der Waals surface area contributed by atoms with Gasteiger partial charge in [-0.2, -0.15) is 8.78 Å². The number of para-hydroxylation sites is 1. The number of alkyl halides is 2. The molecule has 2 aromatic rings. The number of rotatable bonds is 7. The van der Waals surface area contributed by atoms with E-state index in [-0.39, 0.29) is 5.75 Å². The molecule has 0 saturated heterocycles. The van der Waals surface area contributed by atoms with Gasteiger partial charge in [0.2, 0.25) is 0 Å². The molecule has 23 heavy (non-hydrogen) atoms. The summed E-state index contributed by atoms with van der Waals surface area (Å²) in [4.78, 5) is 4.09. The quantitative estimate of drug-likeness (QED) is 0.608. The molecule has 0 unspecified atom stereocenters. The first kappa shape index (κ1) is 16.8. The molecule has 0 atom stereocenters. The molecule has 1 aromatic carbocycles. The molecular formula is C16H19F2N3O2. The highest BCUT2D eigenvalue weighted by Crippen LogP contribution is 2.19. The highest BCUT2D eigenvalue weighted by molar-refractivity contribution is 5.79. The molecule has 7 heteroatoms. The van der Waals surface area contributed by atoms with Crippen LogP contribution in [0.25, 0.3) is 0 Å². The van der Waals surface area contributed by atoms with Gasteiger partial charge in [-0.25, -0.2) is 0 Å². The Morgan fingerprint density at radius 3 is 2.74 bits per heavy atom. The van der Waals surface area contributed by atoms with E-state index in [0.29, 0.717) is 24.6 Å². The Bertz CT molecular complexity index is 616. The van der Waals surface area contributed by atoms with Crippen molar-refractivity contribution in [1.82, 2.24) is 10.6 Å². The maximum absolute atomic E-state index is 12.4. The molecule has 0 fully saturated rings. The van der Waals surface area contributed by atoms with Crippen LogP contribution in [0.1, 0.15) is 11.3 Å². The van der Waals surface area contributed by atoms with Gasteiger partial charge in [0.25, 0.3) is 0 Å². The molecule has 0 saturated carbocycles. The Morgan fingerprint density at radius 1 is 1.22 bits per heavy atom. The minimum absolute atomic E-state index is 0.154. The SMILES string of the molecule is CN=C(NCCc1ccco1)NCc1ccccc1OC(F)F. The average molecular weight is 323 g/mol. The third kappa shape index (κ3) is 5.61. The minimum Gasteiger partial charge on any atom is -0.469 e. The van der Waals surface area contributed by atoms with Crippen LogP contribution in [0.15, 0.2) is 52.1 Å². The summed E-state index contributed by atoms with van der Waals surface area (Å²) in [5.74, 6) is 1.60. The van der Waals surface area contributed by atoms with E-state index in [2.05, 4.69) is 20.4 Å². The second kappa shape index (κ2) is 8.77. The highest BCUT2D eigenvalue weighted by Gasteiger charge is 2.09. The molecule has 0 bridgehead atoms. The zero-order valence-corrected chi connectivity index (χ0v) is 12.8. The molecule has 1 heterocycles. The topological polar surface area (TPSA) is 58.8 Å². The lowest BCUT2D eigenvalue weighted by atomic mass is 10.2. The summed E-state index contributed by atoms with van der Waals surface area (Å²) in [5.41, 5.74) is 0.627. The number of hydrogen-bond acceptors (Lipinski definition) is 3. The minimum atomic E-state index is -2.85. The monoisotopic (exact) mass is 323 g/mol. The smallest absolute Gasteiger partial charge is 0.387 e. The summed E-state index contributed by atoms with van der Waals surface area (Å²) in [7, 11) is 1.64. The van der Waals surface area contributed by atoms with E-state index >= 15 is 0 Å². The van der Waals surface area contributed by atoms with Gasteiger partial charge in [0.05, 0.1) is 6.26 Å². The largest absolute Gasteiger partial charge is 0.469 e. The first-order chi connectivity index (χ1) is 11.2. The number of halogens is 2. The number of guanidine groups is 1. The molecule has 2 rings (SSSR count). The van der Waals surface area contributed by atoms with Gasteiger partial charge >= 0.3 is 6.61 Å². The Kier molecular flexibility index (Phi) is 6.40. The first-order valence-electron chi connectivity index (χ1n) is 7.18. The summed E-state index contributed by atoms with van der Waals surface area (Å²) in [6.07, 6.45) is 2.35. The van der Waals surface area contributed by atoms with Gasteiger partial charge in [0.1, 0.15) is 11.5 Å². The molecule has 1 aromatic heterocycles. The van der Waals surface area contributed by atoms with Crippen LogP contribution in [0.5, 0.6) is 5.75 Å². The van der Waals surface area contributed by atoms with Crippen molar-refractivity contribution in [2.75, 3.05) is 13.6 Å². The van der Waals surface area contributed by atoms with Crippen molar-refractivity contribution < 1.29 is 17.9 Å². The fraction of sp³-hybridized carbons (Fsp3) is 0.312. The molecule has 0 aliphatic heterocycles. The molecule has 0 aliphatic rings. The normalized spacial score (nSPS) is 11.6. The van der Waals surface area contributed by atoms with Crippen LogP contribution in [0.4, 0.5) is 8.78 Å². The predicted molar refractivity (Wildman–Crippen MR) is 83.7 cm³/mol. The van der Waals surface area contributed by atoms with Crippen molar-refractivity contribution >= 4 is 5.96 Å². The number of furan rings is 1. The van der Waals surface area contributed by atoms with Crippen LogP contribution in [-0.2, 0) is 13.0 Å². The van der Waals surface area contributed by atoms with E-state index in [4.69, 9.17) is 4.42 Å². The first-order valence-corrected chi connectivity index (χ1v) is 7.18. The van der Waals surface area contributed by atoms with Gasteiger partial charge in [0.15, 0.2) is 5.96 Å². The third-order valence-electron chi connectivity index (χ3n) is 3.10. The van der Waals surface area contributed by atoms with Crippen molar-refractivity contribution in [3.63, 3.8) is 0 Å². The molecule has 0 amide bonds. The number of nitrogens with zero attached hydrogens (tertiary/aromatic N) is 1. The zero-order chi connectivity index (χ0) is 16.5. The summed E-state index contributed by atoms with van der Waals surface area (Å²) >= 11 is 0. The molecule has 0 aliphatic carbocycles. The second-order valence-electron chi connectivity index (χ2n) is 4.67. The van der Waals surface area contributed by atoms with Crippen molar-refractivity contribution in [2.45, 2.75) is 19.6 Å². The van der Waals surface area contributed by atoms with Crippen LogP contribution < -0.4 is 15.4 Å². The van der Waals surface area contributed by atoms with E-state index in [1.54, 1.807) is 31.5 Å². The van der Waals surface area contributed by atoms with Gasteiger partial charge in [-0.1, -0.05) is 18.2 Å². The van der Waals surface area contributed by atoms with Crippen molar-refractivity contribution in [2.24, 2.45) is 4.99 Å². The lowest BCUT2D eigenvalue weighted by molar-refractivity contribution is -0.0504. The van der Waals surface area contributed by atoms with E-state index in [9.17, 15) is 8.78 Å². The number of ether oxygens (including phenoxy) is 1. The van der Waals surface area contributed by atoms with E-state index in [1.165, 1.54) is 6.07 Å². The molecule has 0 spiro atoms. The van der Waals surface area contributed by atoms with Crippen LogP contribution in [0.2, 0.25) is 0 Å². The molecule has 0 radical (unpaired) electrons. The number of hydrogen-bond donors (Lipinski definition) is 2. The fourth-order valence-electron chi connectivity index (χ4n) is 2.02. The summed E-state index contributed by atoms with van der Waals surface area (Å²) in [6, 6.07) is 10.4. The average Bonchev–Trinajstić information content (AvgIpc) is 3.05. The molecule has 5 nitrogen and oxygen atoms in total. The fourth-order valence-corrected chi connectivity index (χ4v) is 2.02. The Balaban J connectivity index is 1.83. The van der Waals surface area contributed by atoms with E-state index in [1.807, 2.05) is 12.1 Å². The Labute approximate surface area is 133 Å². The summed E-state index contributed by atoms with van der Waals surface area (Å²) in [6.45, 7) is -1.88. The molecule has 124 valence electrons. The lowest BCUT2D eigenvalue weighted by Crippen LogP contribution is -2.37. The van der Waals surface area contributed by atoms with Crippen molar-refractivity contribution in [3.05, 3.63) is 54.0 Å². The zero-order valence-electron chi connectivity index (χ0n) is 12.8. The van der Waals surface area contributed by atoms with Crippen molar-refractivity contribution in [3.8, 4) is 5.75 Å². The van der Waals surface area contributed by atoms with Gasteiger partial charge in [0, 0.05) is 32.1 Å². The maximum atomic E-state index is 12.4. The summed E-state index contributed by atoms with van der Waals surface area (Å²) < 4.78 is 34.5. The van der Waals surface area contributed by atoms with Crippen LogP contribution in [0.3, 0.4) is 0 Å². The Hall–Kier alpha value is -2.57. The standard InChI is InChI=1S/C16H19F2N3O2/c1-19-16(20-9-8-13-6-4-10-22-13)21-11-12-5-2-3-7-14(12)23-15(17)18/h2-7,10,15H,8-9,11H2,1H3,(H2,19,20,21). The van der Waals surface area contributed by atoms with E-state index < -0.39 is 6.61 Å². The summed E-state index contributed by atoms with van der Waals surface area (Å²) in [5, 5.41) is 6.19. The molecular weight excluding hydrogens is 304 g/mol. The van der Waals surface area contributed by atoms with Gasteiger partial charge in [-0.05, 0) is 18.2 Å². The van der Waals surface area contributed by atoms with Gasteiger partial charge < -0.3 is 19.8 Å². The van der Waals surface area contributed by atoms with Crippen LogP contribution in [0, 0.1) is 0 Å². The Morgan fingerprint density at radius 2 is 2.04 bits per heavy atom. The van der Waals surface area contributed by atoms with Gasteiger partial charge in [-0.15, -0.1) is 0 Å². The van der Waals surface area contributed by atoms with Crippen LogP contribution in [-0.4, -0.2) is 26.2 Å². The highest BCUT2D eigenvalue weighted by atomic mass is 19.3.